The number of aliphatic imine (C=N–C) groups is 1. The summed E-state index contributed by atoms with van der Waals surface area (Å²) in [5.41, 5.74) is 6.62. The van der Waals surface area contributed by atoms with E-state index in [1.165, 1.54) is 0 Å². The topological polar surface area (TPSA) is 68.9 Å². The molecule has 0 aliphatic carbocycles. The van der Waals surface area contributed by atoms with E-state index in [0.717, 1.165) is 23.5 Å². The highest BCUT2D eigenvalue weighted by Crippen LogP contribution is 2.32. The smallest absolute Gasteiger partial charge is 0.188 e. The van der Waals surface area contributed by atoms with Gasteiger partial charge in [-0.05, 0) is 6.07 Å². The summed E-state index contributed by atoms with van der Waals surface area (Å²) in [7, 11) is 1.65. The maximum absolute atomic E-state index is 5.70. The fourth-order valence-corrected chi connectivity index (χ4v) is 1.66. The fourth-order valence-electron chi connectivity index (χ4n) is 1.66. The van der Waals surface area contributed by atoms with Crippen LogP contribution in [-0.4, -0.2) is 26.2 Å². The number of benzene rings is 1. The van der Waals surface area contributed by atoms with Crippen LogP contribution >= 0.6 is 0 Å². The summed E-state index contributed by atoms with van der Waals surface area (Å²) in [4.78, 5) is 3.85. The lowest BCUT2D eigenvalue weighted by molar-refractivity contribution is 0.296. The molecular formula is C12H17N3O2. The van der Waals surface area contributed by atoms with Crippen molar-refractivity contribution in [3.8, 4) is 11.5 Å². The van der Waals surface area contributed by atoms with Crippen molar-refractivity contribution in [2.45, 2.75) is 13.0 Å². The Morgan fingerprint density at radius 1 is 1.41 bits per heavy atom. The molecule has 0 unspecified atom stereocenters. The molecule has 3 N–H and O–H groups in total. The summed E-state index contributed by atoms with van der Waals surface area (Å²) in [6.45, 7) is 1.96. The van der Waals surface area contributed by atoms with Crippen molar-refractivity contribution < 1.29 is 9.47 Å². The Morgan fingerprint density at radius 3 is 3.06 bits per heavy atom. The molecule has 92 valence electrons. The van der Waals surface area contributed by atoms with Crippen molar-refractivity contribution in [3.05, 3.63) is 23.8 Å². The zero-order chi connectivity index (χ0) is 12.1. The van der Waals surface area contributed by atoms with Gasteiger partial charge in [-0.25, -0.2) is 0 Å². The van der Waals surface area contributed by atoms with Crippen LogP contribution in [0.1, 0.15) is 12.0 Å². The van der Waals surface area contributed by atoms with E-state index in [2.05, 4.69) is 10.3 Å². The first-order valence-corrected chi connectivity index (χ1v) is 5.65. The van der Waals surface area contributed by atoms with E-state index in [4.69, 9.17) is 15.2 Å². The SMILES string of the molecule is CN=C(N)NCc1cccc2c1OCCCO2. The van der Waals surface area contributed by atoms with Gasteiger partial charge < -0.3 is 20.5 Å². The van der Waals surface area contributed by atoms with Gasteiger partial charge in [-0.3, -0.25) is 4.99 Å². The molecule has 0 fully saturated rings. The van der Waals surface area contributed by atoms with Gasteiger partial charge in [0.1, 0.15) is 0 Å². The fraction of sp³-hybridized carbons (Fsp3) is 0.417. The van der Waals surface area contributed by atoms with Crippen molar-refractivity contribution in [1.82, 2.24) is 5.32 Å². The second kappa shape index (κ2) is 5.43. The van der Waals surface area contributed by atoms with E-state index >= 15 is 0 Å². The molecule has 1 aromatic carbocycles. The molecule has 0 aromatic heterocycles. The number of guanidine groups is 1. The lowest BCUT2D eigenvalue weighted by Gasteiger charge is -2.13. The highest BCUT2D eigenvalue weighted by molar-refractivity contribution is 5.77. The van der Waals surface area contributed by atoms with E-state index < -0.39 is 0 Å². The molecule has 5 heteroatoms. The van der Waals surface area contributed by atoms with Crippen LogP contribution in [0.5, 0.6) is 11.5 Å². The monoisotopic (exact) mass is 235 g/mol. The van der Waals surface area contributed by atoms with E-state index in [9.17, 15) is 0 Å². The van der Waals surface area contributed by atoms with Crippen molar-refractivity contribution in [2.24, 2.45) is 10.7 Å². The third-order valence-corrected chi connectivity index (χ3v) is 2.55. The molecule has 0 spiro atoms. The zero-order valence-electron chi connectivity index (χ0n) is 9.90. The molecular weight excluding hydrogens is 218 g/mol. The first kappa shape index (κ1) is 11.6. The molecule has 0 saturated heterocycles. The average Bonchev–Trinajstić information content (AvgIpc) is 2.61. The second-order valence-corrected chi connectivity index (χ2v) is 3.76. The molecule has 5 nitrogen and oxygen atoms in total. The average molecular weight is 235 g/mol. The number of para-hydroxylation sites is 1. The van der Waals surface area contributed by atoms with Gasteiger partial charge in [-0.2, -0.15) is 0 Å². The van der Waals surface area contributed by atoms with Crippen molar-refractivity contribution in [1.29, 1.82) is 0 Å². The molecule has 1 aliphatic rings. The van der Waals surface area contributed by atoms with E-state index in [1.807, 2.05) is 18.2 Å². The number of rotatable bonds is 2. The third kappa shape index (κ3) is 2.81. The van der Waals surface area contributed by atoms with Gasteiger partial charge in [0, 0.05) is 25.6 Å². The number of hydrogen-bond acceptors (Lipinski definition) is 3. The Hall–Kier alpha value is -1.91. The van der Waals surface area contributed by atoms with Crippen LogP contribution < -0.4 is 20.5 Å². The highest BCUT2D eigenvalue weighted by Gasteiger charge is 2.13. The predicted octanol–water partition coefficient (Wildman–Crippen LogP) is 0.882. The highest BCUT2D eigenvalue weighted by atomic mass is 16.5. The molecule has 0 saturated carbocycles. The molecule has 1 aromatic rings. The van der Waals surface area contributed by atoms with Gasteiger partial charge in [-0.15, -0.1) is 0 Å². The van der Waals surface area contributed by atoms with Gasteiger partial charge in [0.15, 0.2) is 17.5 Å². The lowest BCUT2D eigenvalue weighted by atomic mass is 10.2. The minimum Gasteiger partial charge on any atom is -0.490 e. The Balaban J connectivity index is 2.16. The number of fused-ring (bicyclic) bond motifs is 1. The molecule has 0 atom stereocenters. The van der Waals surface area contributed by atoms with Gasteiger partial charge in [0.05, 0.1) is 13.2 Å². The van der Waals surface area contributed by atoms with Crippen LogP contribution in [0.2, 0.25) is 0 Å². The molecule has 17 heavy (non-hydrogen) atoms. The molecule has 2 rings (SSSR count). The predicted molar refractivity (Wildman–Crippen MR) is 66.4 cm³/mol. The van der Waals surface area contributed by atoms with Crippen LogP contribution in [-0.2, 0) is 6.54 Å². The Morgan fingerprint density at radius 2 is 2.24 bits per heavy atom. The summed E-state index contributed by atoms with van der Waals surface area (Å²) in [5.74, 6) is 2.02. The number of hydrogen-bond donors (Lipinski definition) is 2. The van der Waals surface area contributed by atoms with Crippen LogP contribution in [0, 0.1) is 0 Å². The minimum absolute atomic E-state index is 0.414. The van der Waals surface area contributed by atoms with Crippen molar-refractivity contribution >= 4 is 5.96 Å². The standard InChI is InChI=1S/C12H17N3O2/c1-14-12(13)15-8-9-4-2-5-10-11(9)17-7-3-6-16-10/h2,4-5H,3,6-8H2,1H3,(H3,13,14,15). The summed E-state index contributed by atoms with van der Waals surface area (Å²) in [5, 5.41) is 3.01. The Labute approximate surface area is 101 Å². The molecule has 1 aliphatic heterocycles. The largest absolute Gasteiger partial charge is 0.490 e. The summed E-state index contributed by atoms with van der Waals surface area (Å²) in [6, 6.07) is 5.86. The zero-order valence-corrected chi connectivity index (χ0v) is 9.90. The van der Waals surface area contributed by atoms with E-state index in [-0.39, 0.29) is 0 Å². The van der Waals surface area contributed by atoms with Crippen LogP contribution in [0.3, 0.4) is 0 Å². The summed E-state index contributed by atoms with van der Waals surface area (Å²) >= 11 is 0. The molecule has 0 amide bonds. The Kier molecular flexibility index (Phi) is 3.69. The Bertz CT molecular complexity index is 418. The first-order valence-electron chi connectivity index (χ1n) is 5.65. The van der Waals surface area contributed by atoms with Crippen LogP contribution in [0.15, 0.2) is 23.2 Å². The summed E-state index contributed by atoms with van der Waals surface area (Å²) in [6.07, 6.45) is 0.903. The van der Waals surface area contributed by atoms with Gasteiger partial charge >= 0.3 is 0 Å². The number of nitrogens with zero attached hydrogens (tertiary/aromatic N) is 1. The van der Waals surface area contributed by atoms with Gasteiger partial charge in [0.25, 0.3) is 0 Å². The van der Waals surface area contributed by atoms with Crippen molar-refractivity contribution in [3.63, 3.8) is 0 Å². The van der Waals surface area contributed by atoms with Gasteiger partial charge in [0.2, 0.25) is 0 Å². The minimum atomic E-state index is 0.414. The van der Waals surface area contributed by atoms with E-state index in [0.29, 0.717) is 25.7 Å². The molecule has 0 radical (unpaired) electrons. The quantitative estimate of drug-likeness (QED) is 0.590. The normalized spacial score (nSPS) is 15.2. The maximum Gasteiger partial charge on any atom is 0.188 e. The third-order valence-electron chi connectivity index (χ3n) is 2.55. The lowest BCUT2D eigenvalue weighted by Crippen LogP contribution is -2.30. The second-order valence-electron chi connectivity index (χ2n) is 3.76. The number of nitrogens with one attached hydrogen (secondary N) is 1. The van der Waals surface area contributed by atoms with Gasteiger partial charge in [-0.1, -0.05) is 12.1 Å². The van der Waals surface area contributed by atoms with Crippen molar-refractivity contribution in [2.75, 3.05) is 20.3 Å². The van der Waals surface area contributed by atoms with Crippen LogP contribution in [0.25, 0.3) is 0 Å². The maximum atomic E-state index is 5.70. The van der Waals surface area contributed by atoms with Crippen LogP contribution in [0.4, 0.5) is 0 Å². The summed E-state index contributed by atoms with van der Waals surface area (Å²) < 4.78 is 11.3. The molecule has 1 heterocycles. The first-order chi connectivity index (χ1) is 8.31. The van der Waals surface area contributed by atoms with E-state index in [1.54, 1.807) is 7.05 Å². The molecule has 0 bridgehead atoms. The number of nitrogens with two attached hydrogens (primary N) is 1. The number of ether oxygens (including phenoxy) is 2.